The number of hydrogen-bond acceptors (Lipinski definition) is 3. The van der Waals surface area contributed by atoms with E-state index in [4.69, 9.17) is 0 Å². The Bertz CT molecular complexity index is 421. The largest absolute Gasteiger partial charge is 0.507 e. The van der Waals surface area contributed by atoms with E-state index in [1.54, 1.807) is 19.1 Å². The Hall–Kier alpha value is -1.31. The van der Waals surface area contributed by atoms with E-state index in [2.05, 4.69) is 10.9 Å². The maximum Gasteiger partial charge on any atom is 0.269 e. The molecule has 0 bridgehead atoms. The number of aromatic hydroxyl groups is 1. The summed E-state index contributed by atoms with van der Waals surface area (Å²) in [5.74, 6) is -0.702. The third kappa shape index (κ3) is 3.37. The molecule has 6 heteroatoms. The van der Waals surface area contributed by atoms with Crippen LogP contribution in [0.5, 0.6) is 5.75 Å². The van der Waals surface area contributed by atoms with Gasteiger partial charge >= 0.3 is 0 Å². The molecule has 0 fully saturated rings. The molecule has 0 aliphatic carbocycles. The Morgan fingerprint density at radius 2 is 2.06 bits per heavy atom. The van der Waals surface area contributed by atoms with Gasteiger partial charge in [-0.05, 0) is 40.8 Å². The van der Waals surface area contributed by atoms with E-state index in [9.17, 15) is 14.7 Å². The minimum absolute atomic E-state index is 0.0371. The second-order valence-electron chi connectivity index (χ2n) is 3.02. The van der Waals surface area contributed by atoms with E-state index >= 15 is 0 Å². The average Bonchev–Trinajstić information content (AvgIpc) is 2.29. The minimum Gasteiger partial charge on any atom is -0.507 e. The van der Waals surface area contributed by atoms with Gasteiger partial charge in [-0.2, -0.15) is 0 Å². The van der Waals surface area contributed by atoms with Gasteiger partial charge < -0.3 is 5.11 Å². The highest BCUT2D eigenvalue weighted by atomic mass is 127. The van der Waals surface area contributed by atoms with E-state index in [-0.39, 0.29) is 23.6 Å². The van der Waals surface area contributed by atoms with Crippen LogP contribution in [-0.4, -0.2) is 16.9 Å². The standard InChI is InChI=1S/C10H11IN2O3/c1-2-9(15)12-13-10(16)6-3-4-7(11)8(14)5-6/h3-5,14H,2H2,1H3,(H,12,15)(H,13,16). The normalized spacial score (nSPS) is 9.62. The lowest BCUT2D eigenvalue weighted by Crippen LogP contribution is -2.41. The molecule has 1 aromatic rings. The number of benzene rings is 1. The first-order chi connectivity index (χ1) is 7.54. The Morgan fingerprint density at radius 3 is 2.62 bits per heavy atom. The van der Waals surface area contributed by atoms with Crippen molar-refractivity contribution >= 4 is 34.4 Å². The van der Waals surface area contributed by atoms with Crippen LogP contribution in [0.1, 0.15) is 23.7 Å². The molecule has 0 heterocycles. The molecule has 0 aromatic heterocycles. The average molecular weight is 334 g/mol. The fourth-order valence-electron chi connectivity index (χ4n) is 0.941. The molecule has 0 atom stereocenters. The van der Waals surface area contributed by atoms with Crippen LogP contribution < -0.4 is 10.9 Å². The number of amides is 2. The molecule has 0 spiro atoms. The number of phenols is 1. The van der Waals surface area contributed by atoms with E-state index in [0.717, 1.165) is 0 Å². The molecular formula is C10H11IN2O3. The van der Waals surface area contributed by atoms with Crippen LogP contribution in [-0.2, 0) is 4.79 Å². The van der Waals surface area contributed by atoms with Gasteiger partial charge in [-0.25, -0.2) is 0 Å². The summed E-state index contributed by atoms with van der Waals surface area (Å²) in [6.45, 7) is 1.68. The highest BCUT2D eigenvalue weighted by Crippen LogP contribution is 2.20. The van der Waals surface area contributed by atoms with Crippen molar-refractivity contribution < 1.29 is 14.7 Å². The molecule has 1 aromatic carbocycles. The molecule has 0 radical (unpaired) electrons. The van der Waals surface area contributed by atoms with Gasteiger partial charge in [0, 0.05) is 12.0 Å². The zero-order chi connectivity index (χ0) is 12.1. The molecule has 0 unspecified atom stereocenters. The number of carbonyl (C=O) groups is 2. The fraction of sp³-hybridized carbons (Fsp3) is 0.200. The summed E-state index contributed by atoms with van der Waals surface area (Å²) in [6, 6.07) is 4.52. The predicted molar refractivity (Wildman–Crippen MR) is 66.7 cm³/mol. The third-order valence-electron chi connectivity index (χ3n) is 1.84. The van der Waals surface area contributed by atoms with Crippen molar-refractivity contribution in [1.82, 2.24) is 10.9 Å². The van der Waals surface area contributed by atoms with E-state index in [0.29, 0.717) is 3.57 Å². The van der Waals surface area contributed by atoms with Crippen LogP contribution in [0.15, 0.2) is 18.2 Å². The van der Waals surface area contributed by atoms with Crippen LogP contribution in [0.4, 0.5) is 0 Å². The van der Waals surface area contributed by atoms with Crippen molar-refractivity contribution in [2.45, 2.75) is 13.3 Å². The highest BCUT2D eigenvalue weighted by Gasteiger charge is 2.08. The molecule has 86 valence electrons. The van der Waals surface area contributed by atoms with Crippen LogP contribution in [0.25, 0.3) is 0 Å². The zero-order valence-electron chi connectivity index (χ0n) is 8.58. The topological polar surface area (TPSA) is 78.4 Å². The summed E-state index contributed by atoms with van der Waals surface area (Å²) >= 11 is 1.95. The van der Waals surface area contributed by atoms with Crippen molar-refractivity contribution in [2.24, 2.45) is 0 Å². The molecule has 0 aliphatic heterocycles. The molecule has 0 aliphatic rings. The number of halogens is 1. The van der Waals surface area contributed by atoms with Gasteiger partial charge in [-0.1, -0.05) is 6.92 Å². The second-order valence-corrected chi connectivity index (χ2v) is 4.18. The lowest BCUT2D eigenvalue weighted by atomic mass is 10.2. The first-order valence-electron chi connectivity index (χ1n) is 4.62. The van der Waals surface area contributed by atoms with Crippen molar-refractivity contribution in [2.75, 3.05) is 0 Å². The zero-order valence-corrected chi connectivity index (χ0v) is 10.7. The first-order valence-corrected chi connectivity index (χ1v) is 5.70. The summed E-state index contributed by atoms with van der Waals surface area (Å²) < 4.78 is 0.659. The third-order valence-corrected chi connectivity index (χ3v) is 2.76. The maximum atomic E-state index is 11.5. The highest BCUT2D eigenvalue weighted by molar-refractivity contribution is 14.1. The molecule has 0 saturated heterocycles. The summed E-state index contributed by atoms with van der Waals surface area (Å²) in [4.78, 5) is 22.4. The van der Waals surface area contributed by atoms with Crippen molar-refractivity contribution in [3.63, 3.8) is 0 Å². The molecule has 5 nitrogen and oxygen atoms in total. The molecule has 0 saturated carbocycles. The van der Waals surface area contributed by atoms with E-state index < -0.39 is 5.91 Å². The van der Waals surface area contributed by atoms with Gasteiger partial charge in [-0.3, -0.25) is 20.4 Å². The number of nitrogens with one attached hydrogen (secondary N) is 2. The van der Waals surface area contributed by atoms with Crippen molar-refractivity contribution in [3.8, 4) is 5.75 Å². The Labute approximate surface area is 106 Å². The summed E-state index contributed by atoms with van der Waals surface area (Å²) in [7, 11) is 0. The lowest BCUT2D eigenvalue weighted by molar-refractivity contribution is -0.121. The summed E-state index contributed by atoms with van der Waals surface area (Å²) in [5, 5.41) is 9.40. The van der Waals surface area contributed by atoms with Crippen LogP contribution in [0.3, 0.4) is 0 Å². The number of hydrazine groups is 1. The minimum atomic E-state index is -0.464. The second kappa shape index (κ2) is 5.69. The number of phenolic OH excluding ortho intramolecular Hbond substituents is 1. The van der Waals surface area contributed by atoms with Gasteiger partial charge in [0.1, 0.15) is 5.75 Å². The van der Waals surface area contributed by atoms with Gasteiger partial charge in [0.2, 0.25) is 5.91 Å². The quantitative estimate of drug-likeness (QED) is 0.561. The lowest BCUT2D eigenvalue weighted by Gasteiger charge is -2.06. The summed E-state index contributed by atoms with van der Waals surface area (Å²) in [6.07, 6.45) is 0.290. The fourth-order valence-corrected chi connectivity index (χ4v) is 1.28. The van der Waals surface area contributed by atoms with Gasteiger partial charge in [0.15, 0.2) is 0 Å². The Balaban J connectivity index is 2.66. The first kappa shape index (κ1) is 12.8. The molecule has 3 N–H and O–H groups in total. The van der Waals surface area contributed by atoms with E-state index in [1.807, 2.05) is 22.6 Å². The number of carbonyl (C=O) groups excluding carboxylic acids is 2. The Kier molecular flexibility index (Phi) is 4.53. The molecule has 16 heavy (non-hydrogen) atoms. The van der Waals surface area contributed by atoms with Gasteiger partial charge in [-0.15, -0.1) is 0 Å². The molecule has 2 amide bonds. The molecule has 1 rings (SSSR count). The summed E-state index contributed by atoms with van der Waals surface area (Å²) in [5.41, 5.74) is 4.77. The smallest absolute Gasteiger partial charge is 0.269 e. The van der Waals surface area contributed by atoms with Crippen molar-refractivity contribution in [1.29, 1.82) is 0 Å². The van der Waals surface area contributed by atoms with Crippen LogP contribution >= 0.6 is 22.6 Å². The van der Waals surface area contributed by atoms with Gasteiger partial charge in [0.05, 0.1) is 3.57 Å². The van der Waals surface area contributed by atoms with Gasteiger partial charge in [0.25, 0.3) is 5.91 Å². The number of rotatable bonds is 2. The maximum absolute atomic E-state index is 11.5. The predicted octanol–water partition coefficient (Wildman–Crippen LogP) is 1.17. The monoisotopic (exact) mass is 334 g/mol. The van der Waals surface area contributed by atoms with Crippen LogP contribution in [0.2, 0.25) is 0 Å². The Morgan fingerprint density at radius 1 is 1.38 bits per heavy atom. The SMILES string of the molecule is CCC(=O)NNC(=O)c1ccc(I)c(O)c1. The number of hydrogen-bond donors (Lipinski definition) is 3. The van der Waals surface area contributed by atoms with E-state index in [1.165, 1.54) is 6.07 Å². The van der Waals surface area contributed by atoms with Crippen LogP contribution in [0, 0.1) is 3.57 Å². The van der Waals surface area contributed by atoms with Crippen molar-refractivity contribution in [3.05, 3.63) is 27.3 Å². The molecular weight excluding hydrogens is 323 g/mol.